The molecule has 0 spiro atoms. The number of hydrogen-bond donors (Lipinski definition) is 2. The normalized spacial score (nSPS) is 19.6. The summed E-state index contributed by atoms with van der Waals surface area (Å²) in [6.45, 7) is 2.01. The largest absolute Gasteiger partial charge is 0.493 e. The summed E-state index contributed by atoms with van der Waals surface area (Å²) in [5.74, 6) is -2.95. The highest BCUT2D eigenvalue weighted by Gasteiger charge is 2.46. The SMILES string of the molecule is CCCN1C(N)c2ccc(-c3ccccc3C(F)(F)F)nc2N(OC(=O)C(F)(F)F)C1N. The summed E-state index contributed by atoms with van der Waals surface area (Å²) in [7, 11) is 0. The number of carbonyl (C=O) groups is 1. The number of pyridine rings is 1. The van der Waals surface area contributed by atoms with E-state index in [2.05, 4.69) is 9.82 Å². The Bertz CT molecular complexity index is 997. The average Bonchev–Trinajstić information content (AvgIpc) is 2.72. The van der Waals surface area contributed by atoms with E-state index in [-0.39, 0.29) is 29.2 Å². The van der Waals surface area contributed by atoms with Crippen molar-refractivity contribution in [1.82, 2.24) is 9.88 Å². The van der Waals surface area contributed by atoms with Gasteiger partial charge in [0.1, 0.15) is 0 Å². The van der Waals surface area contributed by atoms with Crippen LogP contribution in [0.5, 0.6) is 0 Å². The molecule has 2 unspecified atom stereocenters. The molecule has 7 nitrogen and oxygen atoms in total. The van der Waals surface area contributed by atoms with E-state index in [0.29, 0.717) is 11.5 Å². The smallest absolute Gasteiger partial charge is 0.328 e. The van der Waals surface area contributed by atoms with Crippen LogP contribution in [0, 0.1) is 0 Å². The summed E-state index contributed by atoms with van der Waals surface area (Å²) in [4.78, 5) is 21.4. The molecule has 0 amide bonds. The molecule has 0 fully saturated rings. The lowest BCUT2D eigenvalue weighted by atomic mass is 10.0. The van der Waals surface area contributed by atoms with Gasteiger partial charge in [-0.3, -0.25) is 5.73 Å². The Morgan fingerprint density at radius 1 is 1.09 bits per heavy atom. The zero-order valence-electron chi connectivity index (χ0n) is 16.6. The molecule has 1 aromatic heterocycles. The summed E-state index contributed by atoms with van der Waals surface area (Å²) >= 11 is 0. The van der Waals surface area contributed by atoms with E-state index >= 15 is 0 Å². The minimum atomic E-state index is -5.34. The molecule has 1 aliphatic heterocycles. The molecule has 0 bridgehead atoms. The lowest BCUT2D eigenvalue weighted by molar-refractivity contribution is -0.204. The standard InChI is InChI=1S/C19H19F6N5O2/c1-2-9-29-14(26)11-7-8-13(10-5-3-4-6-12(10)18(20,21)22)28-15(11)30(17(29)27)32-16(31)19(23,24)25/h3-8,14,17H,2,9,26-27H2,1H3. The molecule has 1 aromatic carbocycles. The summed E-state index contributed by atoms with van der Waals surface area (Å²) < 4.78 is 78.8. The van der Waals surface area contributed by atoms with Crippen LogP contribution < -0.4 is 16.5 Å². The summed E-state index contributed by atoms with van der Waals surface area (Å²) in [5.41, 5.74) is 10.8. The van der Waals surface area contributed by atoms with Gasteiger partial charge in [-0.1, -0.05) is 31.2 Å². The van der Waals surface area contributed by atoms with Gasteiger partial charge in [0, 0.05) is 17.7 Å². The van der Waals surface area contributed by atoms with Crippen molar-refractivity contribution in [3.05, 3.63) is 47.5 Å². The molecule has 0 saturated heterocycles. The number of alkyl halides is 6. The van der Waals surface area contributed by atoms with Crippen LogP contribution in [0.1, 0.15) is 30.6 Å². The number of benzene rings is 1. The highest BCUT2D eigenvalue weighted by molar-refractivity contribution is 5.77. The zero-order chi connectivity index (χ0) is 23.8. The third kappa shape index (κ3) is 4.49. The predicted octanol–water partition coefficient (Wildman–Crippen LogP) is 3.52. The third-order valence-electron chi connectivity index (χ3n) is 4.77. The topological polar surface area (TPSA) is 97.7 Å². The number of halogens is 6. The van der Waals surface area contributed by atoms with Gasteiger partial charge in [-0.15, -0.1) is 0 Å². The number of anilines is 1. The highest BCUT2D eigenvalue weighted by atomic mass is 19.4. The number of nitrogens with zero attached hydrogens (tertiary/aromatic N) is 3. The Morgan fingerprint density at radius 3 is 2.34 bits per heavy atom. The Balaban J connectivity index is 2.15. The number of hydrogen-bond acceptors (Lipinski definition) is 7. The summed E-state index contributed by atoms with van der Waals surface area (Å²) in [6.07, 6.45) is -11.9. The number of aromatic nitrogens is 1. The van der Waals surface area contributed by atoms with Crippen LogP contribution >= 0.6 is 0 Å². The molecule has 13 heteroatoms. The van der Waals surface area contributed by atoms with E-state index < -0.39 is 36.3 Å². The van der Waals surface area contributed by atoms with Crippen molar-refractivity contribution in [2.24, 2.45) is 11.5 Å². The van der Waals surface area contributed by atoms with Crippen LogP contribution in [0.2, 0.25) is 0 Å². The van der Waals surface area contributed by atoms with Crippen molar-refractivity contribution in [2.75, 3.05) is 11.6 Å². The van der Waals surface area contributed by atoms with Gasteiger partial charge in [-0.2, -0.15) is 31.4 Å². The molecule has 0 saturated carbocycles. The first-order chi connectivity index (χ1) is 14.9. The van der Waals surface area contributed by atoms with Crippen molar-refractivity contribution in [1.29, 1.82) is 0 Å². The minimum absolute atomic E-state index is 0.128. The van der Waals surface area contributed by atoms with Crippen LogP contribution in [0.4, 0.5) is 32.2 Å². The lowest BCUT2D eigenvalue weighted by Crippen LogP contribution is -2.61. The number of nitrogens with two attached hydrogens (primary N) is 2. The monoisotopic (exact) mass is 463 g/mol. The first-order valence-corrected chi connectivity index (χ1v) is 9.39. The Hall–Kier alpha value is -2.90. The maximum Gasteiger partial charge on any atom is 0.493 e. The zero-order valence-corrected chi connectivity index (χ0v) is 16.6. The quantitative estimate of drug-likeness (QED) is 0.670. The van der Waals surface area contributed by atoms with Crippen LogP contribution in [0.15, 0.2) is 36.4 Å². The van der Waals surface area contributed by atoms with Crippen LogP contribution in [0.25, 0.3) is 11.3 Å². The van der Waals surface area contributed by atoms with E-state index in [1.165, 1.54) is 29.2 Å². The lowest BCUT2D eigenvalue weighted by Gasteiger charge is -2.44. The molecule has 174 valence electrons. The minimum Gasteiger partial charge on any atom is -0.328 e. The van der Waals surface area contributed by atoms with E-state index in [9.17, 15) is 31.1 Å². The number of carbonyl (C=O) groups excluding carboxylic acids is 1. The molecular formula is C19H19F6N5O2. The fourth-order valence-corrected chi connectivity index (χ4v) is 3.34. The van der Waals surface area contributed by atoms with Crippen molar-refractivity contribution in [3.63, 3.8) is 0 Å². The molecule has 32 heavy (non-hydrogen) atoms. The van der Waals surface area contributed by atoms with Gasteiger partial charge in [-0.25, -0.2) is 14.7 Å². The van der Waals surface area contributed by atoms with E-state index in [1.807, 2.05) is 0 Å². The Morgan fingerprint density at radius 2 is 1.75 bits per heavy atom. The third-order valence-corrected chi connectivity index (χ3v) is 4.77. The van der Waals surface area contributed by atoms with Crippen LogP contribution in [-0.4, -0.2) is 34.9 Å². The molecule has 3 rings (SSSR count). The maximum atomic E-state index is 13.4. The predicted molar refractivity (Wildman–Crippen MR) is 101 cm³/mol. The maximum absolute atomic E-state index is 13.4. The molecule has 4 N–H and O–H groups in total. The van der Waals surface area contributed by atoms with Gasteiger partial charge >= 0.3 is 18.3 Å². The summed E-state index contributed by atoms with van der Waals surface area (Å²) in [6, 6.07) is 7.13. The van der Waals surface area contributed by atoms with Crippen LogP contribution in [0.3, 0.4) is 0 Å². The van der Waals surface area contributed by atoms with E-state index in [4.69, 9.17) is 11.5 Å². The van der Waals surface area contributed by atoms with Gasteiger partial charge in [0.25, 0.3) is 0 Å². The number of fused-ring (bicyclic) bond motifs is 1. The molecule has 0 radical (unpaired) electrons. The second kappa shape index (κ2) is 8.56. The number of rotatable bonds is 4. The fraction of sp³-hybridized carbons (Fsp3) is 0.368. The average molecular weight is 463 g/mol. The summed E-state index contributed by atoms with van der Waals surface area (Å²) in [5, 5.41) is 0.421. The fourth-order valence-electron chi connectivity index (χ4n) is 3.34. The molecule has 2 heterocycles. The second-order valence-electron chi connectivity index (χ2n) is 6.95. The molecule has 1 aliphatic rings. The molecular weight excluding hydrogens is 444 g/mol. The van der Waals surface area contributed by atoms with Gasteiger partial charge in [0.15, 0.2) is 12.1 Å². The van der Waals surface area contributed by atoms with Gasteiger partial charge in [0.2, 0.25) is 0 Å². The highest BCUT2D eigenvalue weighted by Crippen LogP contribution is 2.40. The number of hydroxylamine groups is 1. The molecule has 0 aliphatic carbocycles. The van der Waals surface area contributed by atoms with E-state index in [1.54, 1.807) is 6.92 Å². The first-order valence-electron chi connectivity index (χ1n) is 9.39. The van der Waals surface area contributed by atoms with Gasteiger partial charge < -0.3 is 10.6 Å². The van der Waals surface area contributed by atoms with Crippen molar-refractivity contribution < 1.29 is 36.0 Å². The van der Waals surface area contributed by atoms with Gasteiger partial charge in [-0.05, 0) is 18.6 Å². The van der Waals surface area contributed by atoms with Crippen molar-refractivity contribution >= 4 is 11.8 Å². The van der Waals surface area contributed by atoms with Gasteiger partial charge in [0.05, 0.1) is 17.4 Å². The first kappa shape index (κ1) is 23.8. The molecule has 2 atom stereocenters. The van der Waals surface area contributed by atoms with Crippen LogP contribution in [-0.2, 0) is 15.8 Å². The van der Waals surface area contributed by atoms with Crippen molar-refractivity contribution in [3.8, 4) is 11.3 Å². The Kier molecular flexibility index (Phi) is 6.36. The van der Waals surface area contributed by atoms with Crippen molar-refractivity contribution in [2.45, 2.75) is 38.2 Å². The van der Waals surface area contributed by atoms with E-state index in [0.717, 1.165) is 12.1 Å². The second-order valence-corrected chi connectivity index (χ2v) is 6.95. The Labute approximate surface area is 178 Å². The molecule has 2 aromatic rings.